The number of phosphoric ester groups is 1. The first-order chi connectivity index (χ1) is 24.3. The lowest BCUT2D eigenvalue weighted by Gasteiger charge is -2.19. The van der Waals surface area contributed by atoms with Crippen molar-refractivity contribution in [1.82, 2.24) is 0 Å². The largest absolute Gasteiger partial charge is 0.472 e. The molecule has 0 bridgehead atoms. The maximum Gasteiger partial charge on any atom is 0.472 e. The molecule has 0 aromatic carbocycles. The summed E-state index contributed by atoms with van der Waals surface area (Å²) in [6.45, 7) is 3.73. The van der Waals surface area contributed by atoms with Gasteiger partial charge in [0.05, 0.1) is 13.2 Å². The molecule has 0 aromatic rings. The fourth-order valence-electron chi connectivity index (χ4n) is 5.81. The molecule has 0 aliphatic rings. The molecule has 0 fully saturated rings. The molecule has 0 heterocycles. The van der Waals surface area contributed by atoms with Crippen molar-refractivity contribution in [3.05, 3.63) is 12.2 Å². The van der Waals surface area contributed by atoms with Crippen molar-refractivity contribution in [2.75, 3.05) is 26.4 Å². The van der Waals surface area contributed by atoms with Gasteiger partial charge < -0.3 is 20.1 Å². The third-order valence-electron chi connectivity index (χ3n) is 8.90. The Morgan fingerprint density at radius 2 is 0.980 bits per heavy atom. The van der Waals surface area contributed by atoms with E-state index in [1.165, 1.54) is 122 Å². The van der Waals surface area contributed by atoms with Gasteiger partial charge in [-0.2, -0.15) is 0 Å². The number of esters is 2. The Kier molecular flexibility index (Phi) is 36.6. The molecule has 0 rings (SSSR count). The molecule has 10 heteroatoms. The molecule has 0 aliphatic carbocycles. The average molecular weight is 732 g/mol. The average Bonchev–Trinajstić information content (AvgIpc) is 3.10. The van der Waals surface area contributed by atoms with Gasteiger partial charge in [-0.3, -0.25) is 18.6 Å². The van der Waals surface area contributed by atoms with Crippen LogP contribution in [0.4, 0.5) is 0 Å². The monoisotopic (exact) mass is 732 g/mol. The Bertz CT molecular complexity index is 840. The summed E-state index contributed by atoms with van der Waals surface area (Å²) in [5, 5.41) is 0. The molecule has 9 nitrogen and oxygen atoms in total. The zero-order valence-corrected chi connectivity index (χ0v) is 33.3. The van der Waals surface area contributed by atoms with Gasteiger partial charge in [-0.1, -0.05) is 161 Å². The first-order valence-electron chi connectivity index (χ1n) is 20.7. The quantitative estimate of drug-likeness (QED) is 0.0274. The summed E-state index contributed by atoms with van der Waals surface area (Å²) in [5.74, 6) is -0.826. The molecule has 0 amide bonds. The van der Waals surface area contributed by atoms with Crippen molar-refractivity contribution in [1.29, 1.82) is 0 Å². The third-order valence-corrected chi connectivity index (χ3v) is 9.89. The maximum absolute atomic E-state index is 12.5. The van der Waals surface area contributed by atoms with E-state index < -0.39 is 26.5 Å². The zero-order valence-electron chi connectivity index (χ0n) is 32.4. The van der Waals surface area contributed by atoms with Crippen molar-refractivity contribution in [2.24, 2.45) is 5.73 Å². The number of nitrogens with two attached hydrogens (primary N) is 1. The van der Waals surface area contributed by atoms with E-state index in [0.29, 0.717) is 6.42 Å². The smallest absolute Gasteiger partial charge is 0.462 e. The predicted octanol–water partition coefficient (Wildman–Crippen LogP) is 11.4. The molecule has 0 spiro atoms. The zero-order chi connectivity index (χ0) is 36.8. The van der Waals surface area contributed by atoms with Gasteiger partial charge in [0.1, 0.15) is 6.61 Å². The molecule has 0 radical (unpaired) electrons. The lowest BCUT2D eigenvalue weighted by Crippen LogP contribution is -2.29. The number of carbonyl (C=O) groups excluding carboxylic acids is 2. The minimum atomic E-state index is -4.37. The molecule has 0 saturated heterocycles. The van der Waals surface area contributed by atoms with Crippen LogP contribution in [0.25, 0.3) is 0 Å². The van der Waals surface area contributed by atoms with Crippen LogP contribution in [0, 0.1) is 0 Å². The van der Waals surface area contributed by atoms with Crippen LogP contribution in [-0.2, 0) is 32.7 Å². The fraction of sp³-hybridized carbons (Fsp3) is 0.900. The van der Waals surface area contributed by atoms with Crippen molar-refractivity contribution < 1.29 is 37.6 Å². The number of carbonyl (C=O) groups is 2. The summed E-state index contributed by atoms with van der Waals surface area (Å²) in [6.07, 6.45) is 36.6. The molecule has 3 N–H and O–H groups in total. The van der Waals surface area contributed by atoms with Crippen molar-refractivity contribution in [2.45, 2.75) is 206 Å². The topological polar surface area (TPSA) is 134 Å². The highest BCUT2D eigenvalue weighted by Crippen LogP contribution is 2.43. The summed E-state index contributed by atoms with van der Waals surface area (Å²) in [5.41, 5.74) is 5.34. The van der Waals surface area contributed by atoms with Crippen LogP contribution in [0.1, 0.15) is 200 Å². The van der Waals surface area contributed by atoms with E-state index >= 15 is 0 Å². The highest BCUT2D eigenvalue weighted by atomic mass is 31.2. The summed E-state index contributed by atoms with van der Waals surface area (Å²) in [4.78, 5) is 34.8. The van der Waals surface area contributed by atoms with Gasteiger partial charge in [-0.25, -0.2) is 4.57 Å². The number of allylic oxidation sites excluding steroid dienone is 2. The second-order valence-electron chi connectivity index (χ2n) is 13.9. The van der Waals surface area contributed by atoms with Crippen LogP contribution in [0.2, 0.25) is 0 Å². The number of rotatable bonds is 39. The summed E-state index contributed by atoms with van der Waals surface area (Å²) in [6, 6.07) is 0. The Balaban J connectivity index is 4.15. The standard InChI is InChI=1S/C40H78NO8P/c1-3-5-7-9-11-13-15-17-18-19-20-21-23-25-27-29-31-33-40(43)49-38(37-48-50(44,45)47-35-34-41)36-46-39(42)32-30-28-26-24-22-16-14-12-10-8-6-4-2/h17-18,38H,3-16,19-37,41H2,1-2H3,(H,44,45). The molecule has 50 heavy (non-hydrogen) atoms. The number of ether oxygens (including phenoxy) is 2. The summed E-state index contributed by atoms with van der Waals surface area (Å²) in [7, 11) is -4.37. The van der Waals surface area contributed by atoms with E-state index in [-0.39, 0.29) is 38.6 Å². The van der Waals surface area contributed by atoms with Crippen LogP contribution < -0.4 is 5.73 Å². The maximum atomic E-state index is 12.5. The lowest BCUT2D eigenvalue weighted by molar-refractivity contribution is -0.161. The van der Waals surface area contributed by atoms with Gasteiger partial charge in [0.15, 0.2) is 6.10 Å². The Labute approximate surface area is 307 Å². The van der Waals surface area contributed by atoms with Crippen molar-refractivity contribution in [3.63, 3.8) is 0 Å². The van der Waals surface area contributed by atoms with E-state index in [1.54, 1.807) is 0 Å². The van der Waals surface area contributed by atoms with Gasteiger partial charge in [0, 0.05) is 19.4 Å². The number of phosphoric acid groups is 1. The molecule has 2 atom stereocenters. The van der Waals surface area contributed by atoms with Gasteiger partial charge in [-0.05, 0) is 38.5 Å². The van der Waals surface area contributed by atoms with E-state index in [0.717, 1.165) is 44.9 Å². The minimum absolute atomic E-state index is 0.0553. The molecular weight excluding hydrogens is 653 g/mol. The molecule has 0 aliphatic heterocycles. The minimum Gasteiger partial charge on any atom is -0.462 e. The highest BCUT2D eigenvalue weighted by molar-refractivity contribution is 7.47. The highest BCUT2D eigenvalue weighted by Gasteiger charge is 2.26. The fourth-order valence-corrected chi connectivity index (χ4v) is 6.57. The first-order valence-corrected chi connectivity index (χ1v) is 22.2. The second kappa shape index (κ2) is 37.5. The van der Waals surface area contributed by atoms with Crippen molar-refractivity contribution in [3.8, 4) is 0 Å². The molecule has 0 saturated carbocycles. The van der Waals surface area contributed by atoms with Gasteiger partial charge in [0.2, 0.25) is 0 Å². The second-order valence-corrected chi connectivity index (χ2v) is 15.3. The lowest BCUT2D eigenvalue weighted by atomic mass is 10.0. The number of hydrogen-bond acceptors (Lipinski definition) is 8. The van der Waals surface area contributed by atoms with Gasteiger partial charge in [-0.15, -0.1) is 0 Å². The van der Waals surface area contributed by atoms with Crippen LogP contribution in [0.15, 0.2) is 12.2 Å². The predicted molar refractivity (Wildman–Crippen MR) is 206 cm³/mol. The molecular formula is C40H78NO8P. The number of unbranched alkanes of at least 4 members (excludes halogenated alkanes) is 24. The Hall–Kier alpha value is -1.25. The molecule has 0 aromatic heterocycles. The van der Waals surface area contributed by atoms with E-state index in [1.807, 2.05) is 0 Å². The third kappa shape index (κ3) is 36.5. The summed E-state index contributed by atoms with van der Waals surface area (Å²) >= 11 is 0. The summed E-state index contributed by atoms with van der Waals surface area (Å²) < 4.78 is 32.7. The molecule has 2 unspecified atom stereocenters. The Morgan fingerprint density at radius 1 is 0.580 bits per heavy atom. The number of hydrogen-bond donors (Lipinski definition) is 2. The molecule has 296 valence electrons. The van der Waals surface area contributed by atoms with Gasteiger partial charge >= 0.3 is 19.8 Å². The Morgan fingerprint density at radius 3 is 1.42 bits per heavy atom. The van der Waals surface area contributed by atoms with Crippen LogP contribution in [-0.4, -0.2) is 49.3 Å². The van der Waals surface area contributed by atoms with Crippen LogP contribution >= 0.6 is 7.82 Å². The van der Waals surface area contributed by atoms with E-state index in [2.05, 4.69) is 26.0 Å². The van der Waals surface area contributed by atoms with E-state index in [4.69, 9.17) is 24.3 Å². The van der Waals surface area contributed by atoms with Crippen LogP contribution in [0.5, 0.6) is 0 Å². The van der Waals surface area contributed by atoms with Gasteiger partial charge in [0.25, 0.3) is 0 Å². The first kappa shape index (κ1) is 48.8. The normalized spacial score (nSPS) is 13.4. The van der Waals surface area contributed by atoms with Crippen molar-refractivity contribution >= 4 is 19.8 Å². The van der Waals surface area contributed by atoms with E-state index in [9.17, 15) is 19.0 Å². The SMILES string of the molecule is CCCCCCCCC=CCCCCCCCCCC(=O)OC(COC(=O)CCCCCCCCCCCCCC)COP(=O)(O)OCCN. The van der Waals surface area contributed by atoms with Crippen LogP contribution in [0.3, 0.4) is 0 Å².